The van der Waals surface area contributed by atoms with Crippen LogP contribution in [-0.2, 0) is 16.4 Å². The van der Waals surface area contributed by atoms with Gasteiger partial charge in [-0.15, -0.1) is 0 Å². The lowest BCUT2D eigenvalue weighted by Crippen LogP contribution is -2.26. The number of hydrogen-bond donors (Lipinski definition) is 1. The second-order valence-corrected chi connectivity index (χ2v) is 7.41. The molecule has 0 saturated heterocycles. The van der Waals surface area contributed by atoms with E-state index >= 15 is 0 Å². The first-order chi connectivity index (χ1) is 10.9. The van der Waals surface area contributed by atoms with Crippen molar-refractivity contribution < 1.29 is 17.5 Å². The molecule has 0 saturated carbocycles. The third-order valence-corrected chi connectivity index (χ3v) is 5.11. The van der Waals surface area contributed by atoms with E-state index < -0.39 is 10.0 Å². The van der Waals surface area contributed by atoms with E-state index in [9.17, 15) is 12.8 Å². The van der Waals surface area contributed by atoms with Crippen molar-refractivity contribution in [2.45, 2.75) is 18.2 Å². The minimum absolute atomic E-state index is 0.0576. The van der Waals surface area contributed by atoms with Crippen LogP contribution in [0.2, 0.25) is 0 Å². The van der Waals surface area contributed by atoms with Gasteiger partial charge >= 0.3 is 0 Å². The summed E-state index contributed by atoms with van der Waals surface area (Å²) in [4.78, 5) is 0.0576. The summed E-state index contributed by atoms with van der Waals surface area (Å²) in [6, 6.07) is 11.1. The molecule has 0 heterocycles. The molecule has 0 aliphatic carbocycles. The third-order valence-electron chi connectivity index (χ3n) is 3.14. The number of rotatable bonds is 7. The zero-order valence-electron chi connectivity index (χ0n) is 12.6. The second kappa shape index (κ2) is 7.90. The zero-order chi connectivity index (χ0) is 16.9. The first kappa shape index (κ1) is 17.9. The maximum absolute atomic E-state index is 13.5. The van der Waals surface area contributed by atoms with Crippen molar-refractivity contribution in [3.63, 3.8) is 0 Å². The summed E-state index contributed by atoms with van der Waals surface area (Å²) < 4.78 is 46.9. The van der Waals surface area contributed by atoms with Gasteiger partial charge in [-0.25, -0.2) is 17.5 Å². The Bertz CT molecular complexity index is 781. The molecule has 2 aromatic rings. The Kier molecular flexibility index (Phi) is 6.15. The van der Waals surface area contributed by atoms with E-state index in [1.165, 1.54) is 12.1 Å². The molecule has 0 spiro atoms. The maximum atomic E-state index is 13.5. The Labute approximate surface area is 143 Å². The van der Waals surface area contributed by atoms with E-state index in [1.807, 2.05) is 0 Å². The molecule has 2 aromatic carbocycles. The number of sulfonamides is 1. The van der Waals surface area contributed by atoms with Crippen LogP contribution in [0.4, 0.5) is 4.39 Å². The van der Waals surface area contributed by atoms with Gasteiger partial charge in [-0.1, -0.05) is 34.1 Å². The Balaban J connectivity index is 2.13. The van der Waals surface area contributed by atoms with Gasteiger partial charge in [0.2, 0.25) is 10.0 Å². The van der Waals surface area contributed by atoms with Crippen molar-refractivity contribution in [1.82, 2.24) is 4.72 Å². The fourth-order valence-electron chi connectivity index (χ4n) is 2.07. The van der Waals surface area contributed by atoms with Crippen LogP contribution >= 0.6 is 15.9 Å². The predicted molar refractivity (Wildman–Crippen MR) is 90.6 cm³/mol. The van der Waals surface area contributed by atoms with Gasteiger partial charge in [0.05, 0.1) is 6.61 Å². The van der Waals surface area contributed by atoms with Gasteiger partial charge in [-0.3, -0.25) is 0 Å². The molecule has 0 fully saturated rings. The molecule has 7 heteroatoms. The van der Waals surface area contributed by atoms with Crippen molar-refractivity contribution in [2.75, 3.05) is 13.2 Å². The molecule has 2 rings (SSSR count). The first-order valence-corrected chi connectivity index (χ1v) is 9.37. The highest BCUT2D eigenvalue weighted by atomic mass is 79.9. The summed E-state index contributed by atoms with van der Waals surface area (Å²) in [5.41, 5.74) is 0.467. The molecule has 0 aliphatic heterocycles. The summed E-state index contributed by atoms with van der Waals surface area (Å²) >= 11 is 3.26. The van der Waals surface area contributed by atoms with Crippen LogP contribution in [-0.4, -0.2) is 21.6 Å². The van der Waals surface area contributed by atoms with Crippen LogP contribution in [0.1, 0.15) is 12.5 Å². The number of benzene rings is 2. The monoisotopic (exact) mass is 401 g/mol. The number of halogens is 2. The summed E-state index contributed by atoms with van der Waals surface area (Å²) in [7, 11) is -3.75. The minimum atomic E-state index is -3.75. The highest BCUT2D eigenvalue weighted by molar-refractivity contribution is 9.10. The first-order valence-electron chi connectivity index (χ1n) is 7.09. The number of nitrogens with one attached hydrogen (secondary N) is 1. The average Bonchev–Trinajstić information content (AvgIpc) is 2.51. The summed E-state index contributed by atoms with van der Waals surface area (Å²) in [6.07, 6.45) is 0.268. The van der Waals surface area contributed by atoms with E-state index in [-0.39, 0.29) is 29.4 Å². The van der Waals surface area contributed by atoms with Gasteiger partial charge in [0.1, 0.15) is 16.5 Å². The lowest BCUT2D eigenvalue weighted by molar-refractivity contribution is 0.331. The van der Waals surface area contributed by atoms with E-state index in [0.717, 1.165) is 0 Å². The number of ether oxygens (including phenoxy) is 1. The summed E-state index contributed by atoms with van der Waals surface area (Å²) in [5.74, 6) is -0.0572. The number of hydrogen-bond acceptors (Lipinski definition) is 3. The Morgan fingerprint density at radius 2 is 1.96 bits per heavy atom. The zero-order valence-corrected chi connectivity index (χ0v) is 15.0. The Hall–Kier alpha value is -1.44. The van der Waals surface area contributed by atoms with Crippen LogP contribution in [0.3, 0.4) is 0 Å². The third kappa shape index (κ3) is 4.76. The minimum Gasteiger partial charge on any atom is -0.492 e. The molecule has 23 heavy (non-hydrogen) atoms. The van der Waals surface area contributed by atoms with Gasteiger partial charge in [-0.05, 0) is 43.2 Å². The predicted octanol–water partition coefficient (Wildman–Crippen LogP) is 3.51. The molecular formula is C16H17BrFNO3S. The molecule has 1 N–H and O–H groups in total. The van der Waals surface area contributed by atoms with Crippen LogP contribution < -0.4 is 9.46 Å². The van der Waals surface area contributed by atoms with Crippen molar-refractivity contribution in [3.05, 3.63) is 58.3 Å². The van der Waals surface area contributed by atoms with Gasteiger partial charge in [0.25, 0.3) is 0 Å². The quantitative estimate of drug-likeness (QED) is 0.771. The van der Waals surface area contributed by atoms with Crippen molar-refractivity contribution in [1.29, 1.82) is 0 Å². The highest BCUT2D eigenvalue weighted by Crippen LogP contribution is 2.27. The molecular weight excluding hydrogens is 385 g/mol. The molecule has 0 amide bonds. The highest BCUT2D eigenvalue weighted by Gasteiger charge is 2.20. The SMILES string of the molecule is CCOc1ccc(Br)cc1S(=O)(=O)NCCc1ccccc1F. The Morgan fingerprint density at radius 3 is 2.65 bits per heavy atom. The van der Waals surface area contributed by atoms with Gasteiger partial charge < -0.3 is 4.74 Å². The van der Waals surface area contributed by atoms with Gasteiger partial charge in [-0.2, -0.15) is 0 Å². The fraction of sp³-hybridized carbons (Fsp3) is 0.250. The van der Waals surface area contributed by atoms with E-state index in [2.05, 4.69) is 20.7 Å². The average molecular weight is 402 g/mol. The molecule has 0 unspecified atom stereocenters. The molecule has 0 bridgehead atoms. The summed E-state index contributed by atoms with van der Waals surface area (Å²) in [5, 5.41) is 0. The van der Waals surface area contributed by atoms with Gasteiger partial charge in [0.15, 0.2) is 0 Å². The van der Waals surface area contributed by atoms with Crippen LogP contribution in [0.5, 0.6) is 5.75 Å². The van der Waals surface area contributed by atoms with E-state index in [1.54, 1.807) is 37.3 Å². The normalized spacial score (nSPS) is 11.4. The molecule has 4 nitrogen and oxygen atoms in total. The molecule has 0 aliphatic rings. The Morgan fingerprint density at radius 1 is 1.22 bits per heavy atom. The smallest absolute Gasteiger partial charge is 0.244 e. The van der Waals surface area contributed by atoms with Gasteiger partial charge in [0, 0.05) is 11.0 Å². The largest absolute Gasteiger partial charge is 0.492 e. The molecule has 124 valence electrons. The van der Waals surface area contributed by atoms with Crippen molar-refractivity contribution in [2.24, 2.45) is 0 Å². The topological polar surface area (TPSA) is 55.4 Å². The second-order valence-electron chi connectivity index (χ2n) is 4.76. The van der Waals surface area contributed by atoms with Crippen LogP contribution in [0.15, 0.2) is 51.8 Å². The summed E-state index contributed by atoms with van der Waals surface area (Å²) in [6.45, 7) is 2.24. The molecule has 0 atom stereocenters. The molecule has 0 radical (unpaired) electrons. The van der Waals surface area contributed by atoms with Crippen molar-refractivity contribution >= 4 is 26.0 Å². The van der Waals surface area contributed by atoms with E-state index in [0.29, 0.717) is 16.6 Å². The fourth-order valence-corrected chi connectivity index (χ4v) is 3.78. The standard InChI is InChI=1S/C16H17BrFNO3S/c1-2-22-15-8-7-13(17)11-16(15)23(20,21)19-10-9-12-5-3-4-6-14(12)18/h3-8,11,19H,2,9-10H2,1H3. The van der Waals surface area contributed by atoms with E-state index in [4.69, 9.17) is 4.74 Å². The lowest BCUT2D eigenvalue weighted by atomic mass is 10.1. The van der Waals surface area contributed by atoms with Crippen molar-refractivity contribution in [3.8, 4) is 5.75 Å². The lowest BCUT2D eigenvalue weighted by Gasteiger charge is -2.12. The van der Waals surface area contributed by atoms with Crippen LogP contribution in [0, 0.1) is 5.82 Å². The maximum Gasteiger partial charge on any atom is 0.244 e. The molecule has 0 aromatic heterocycles. The van der Waals surface area contributed by atoms with Crippen LogP contribution in [0.25, 0.3) is 0 Å².